The summed E-state index contributed by atoms with van der Waals surface area (Å²) in [5, 5.41) is 10.9. The molecule has 0 atom stereocenters. The number of carbonyl (C=O) groups excluding carboxylic acids is 3. The van der Waals surface area contributed by atoms with E-state index in [0.29, 0.717) is 0 Å². The van der Waals surface area contributed by atoms with Gasteiger partial charge in [-0.2, -0.15) is 0 Å². The highest BCUT2D eigenvalue weighted by atomic mass is 35.5. The van der Waals surface area contributed by atoms with E-state index in [9.17, 15) is 19.5 Å². The minimum absolute atomic E-state index is 0.0668. The Hall–Kier alpha value is -2.66. The summed E-state index contributed by atoms with van der Waals surface area (Å²) in [5.74, 6) is -2.54. The molecule has 21 heavy (non-hydrogen) atoms. The van der Waals surface area contributed by atoms with Crippen molar-refractivity contribution in [1.29, 1.82) is 0 Å². The number of fused-ring (bicyclic) bond motifs is 2. The lowest BCUT2D eigenvalue weighted by atomic mass is 9.82. The molecule has 6 heteroatoms. The van der Waals surface area contributed by atoms with Crippen molar-refractivity contribution in [1.82, 2.24) is 0 Å². The number of rotatable bonds is 1. The van der Waals surface area contributed by atoms with Crippen LogP contribution in [0.5, 0.6) is 0 Å². The molecule has 1 aliphatic carbocycles. The van der Waals surface area contributed by atoms with Crippen LogP contribution in [0.25, 0.3) is 0 Å². The summed E-state index contributed by atoms with van der Waals surface area (Å²) in [6.07, 6.45) is 0. The monoisotopic (exact) mass is 300 g/mol. The van der Waals surface area contributed by atoms with Gasteiger partial charge < -0.3 is 15.6 Å². The highest BCUT2D eigenvalue weighted by molar-refractivity contribution is 6.40. The number of benzene rings is 2. The highest BCUT2D eigenvalue weighted by Gasteiger charge is 2.34. The number of ketones is 2. The third kappa shape index (κ3) is 1.75. The van der Waals surface area contributed by atoms with E-state index in [1.54, 1.807) is 12.1 Å². The molecule has 0 radical (unpaired) electrons. The average Bonchev–Trinajstić information content (AvgIpc) is 2.46. The molecule has 3 rings (SSSR count). The van der Waals surface area contributed by atoms with Crippen LogP contribution in [0.2, 0.25) is 5.02 Å². The van der Waals surface area contributed by atoms with E-state index in [0.717, 1.165) is 6.07 Å². The largest absolute Gasteiger partial charge is 0.545 e. The van der Waals surface area contributed by atoms with E-state index in [1.807, 2.05) is 0 Å². The van der Waals surface area contributed by atoms with Gasteiger partial charge in [-0.3, -0.25) is 9.59 Å². The van der Waals surface area contributed by atoms with Crippen LogP contribution in [-0.2, 0) is 0 Å². The Bertz CT molecular complexity index is 842. The maximum Gasteiger partial charge on any atom is 0.196 e. The predicted octanol–water partition coefficient (Wildman–Crippen LogP) is 1.06. The zero-order valence-corrected chi connectivity index (χ0v) is 11.2. The van der Waals surface area contributed by atoms with Crippen molar-refractivity contribution >= 4 is 34.8 Å². The molecule has 2 N–H and O–H groups in total. The molecule has 0 aliphatic heterocycles. The van der Waals surface area contributed by atoms with Crippen LogP contribution in [0, 0.1) is 0 Å². The molecule has 0 saturated carbocycles. The van der Waals surface area contributed by atoms with Crippen LogP contribution in [0.3, 0.4) is 0 Å². The Morgan fingerprint density at radius 1 is 1.05 bits per heavy atom. The fraction of sp³-hybridized carbons (Fsp3) is 0. The Morgan fingerprint density at radius 2 is 1.57 bits per heavy atom. The number of hydrogen-bond acceptors (Lipinski definition) is 5. The summed E-state index contributed by atoms with van der Waals surface area (Å²) in [4.78, 5) is 36.0. The normalized spacial score (nSPS) is 12.8. The Morgan fingerprint density at radius 3 is 2.10 bits per heavy atom. The molecule has 0 saturated heterocycles. The third-order valence-corrected chi connectivity index (χ3v) is 3.71. The van der Waals surface area contributed by atoms with E-state index in [4.69, 9.17) is 17.3 Å². The molecule has 0 bridgehead atoms. The summed E-state index contributed by atoms with van der Waals surface area (Å²) >= 11 is 5.97. The Labute approximate surface area is 123 Å². The van der Waals surface area contributed by atoms with Gasteiger partial charge in [0.1, 0.15) is 0 Å². The van der Waals surface area contributed by atoms with Crippen LogP contribution < -0.4 is 10.8 Å². The second kappa shape index (κ2) is 4.43. The minimum Gasteiger partial charge on any atom is -0.545 e. The molecule has 1 aliphatic rings. The minimum atomic E-state index is -1.56. The first-order valence-corrected chi connectivity index (χ1v) is 6.33. The number of hydrogen-bond donors (Lipinski definition) is 1. The lowest BCUT2D eigenvalue weighted by molar-refractivity contribution is -0.254. The number of carboxylic acid groups (broad SMARTS) is 1. The van der Waals surface area contributed by atoms with Gasteiger partial charge in [0.2, 0.25) is 0 Å². The number of carboxylic acids is 1. The van der Waals surface area contributed by atoms with Gasteiger partial charge in [0, 0.05) is 16.7 Å². The fourth-order valence-corrected chi connectivity index (χ4v) is 2.73. The van der Waals surface area contributed by atoms with Gasteiger partial charge in [0.15, 0.2) is 11.6 Å². The van der Waals surface area contributed by atoms with Gasteiger partial charge in [-0.05, 0) is 6.07 Å². The van der Waals surface area contributed by atoms with E-state index in [-0.39, 0.29) is 33.0 Å². The summed E-state index contributed by atoms with van der Waals surface area (Å²) < 4.78 is 0. The van der Waals surface area contributed by atoms with Crippen LogP contribution in [0.1, 0.15) is 42.2 Å². The first-order valence-electron chi connectivity index (χ1n) is 5.95. The maximum atomic E-state index is 12.5. The van der Waals surface area contributed by atoms with Crippen LogP contribution >= 0.6 is 11.6 Å². The van der Waals surface area contributed by atoms with Crippen molar-refractivity contribution in [3.63, 3.8) is 0 Å². The van der Waals surface area contributed by atoms with E-state index in [1.165, 1.54) is 12.1 Å². The molecule has 104 valence electrons. The molecule has 5 nitrogen and oxygen atoms in total. The third-order valence-electron chi connectivity index (χ3n) is 3.41. The molecule has 0 unspecified atom stereocenters. The number of nitrogen functional groups attached to an aromatic ring is 1. The van der Waals surface area contributed by atoms with Crippen LogP contribution in [-0.4, -0.2) is 17.5 Å². The topological polar surface area (TPSA) is 100 Å². The van der Waals surface area contributed by atoms with Crippen LogP contribution in [0.15, 0.2) is 30.3 Å². The second-order valence-electron chi connectivity index (χ2n) is 4.56. The van der Waals surface area contributed by atoms with Crippen molar-refractivity contribution < 1.29 is 19.5 Å². The van der Waals surface area contributed by atoms with Crippen molar-refractivity contribution in [2.75, 3.05) is 5.73 Å². The van der Waals surface area contributed by atoms with Gasteiger partial charge in [0.05, 0.1) is 27.8 Å². The van der Waals surface area contributed by atoms with Crippen molar-refractivity contribution in [3.8, 4) is 0 Å². The standard InChI is InChI=1S/C15H8ClNO4/c16-9-5-8(15(20)21)12(17)11-10(9)13(18)6-3-1-2-4-7(6)14(11)19/h1-5H,17H2,(H,20,21)/p-1. The highest BCUT2D eigenvalue weighted by Crippen LogP contribution is 2.36. The molecule has 0 spiro atoms. The lowest BCUT2D eigenvalue weighted by Crippen LogP contribution is -2.28. The zero-order valence-electron chi connectivity index (χ0n) is 10.5. The van der Waals surface area contributed by atoms with Crippen molar-refractivity contribution in [2.24, 2.45) is 0 Å². The molecule has 0 fully saturated rings. The Kier molecular flexibility index (Phi) is 2.81. The molecule has 0 heterocycles. The van der Waals surface area contributed by atoms with E-state index in [2.05, 4.69) is 0 Å². The summed E-state index contributed by atoms with van der Waals surface area (Å²) in [5.41, 5.74) is 5.18. The fourth-order valence-electron chi connectivity index (χ4n) is 2.44. The lowest BCUT2D eigenvalue weighted by Gasteiger charge is -2.22. The molecular weight excluding hydrogens is 294 g/mol. The number of halogens is 1. The first kappa shape index (κ1) is 13.3. The summed E-state index contributed by atoms with van der Waals surface area (Å²) in [6.45, 7) is 0. The number of aromatic carboxylic acids is 1. The van der Waals surface area contributed by atoms with E-state index < -0.39 is 23.1 Å². The Balaban J connectivity index is 2.41. The number of nitrogens with two attached hydrogens (primary N) is 1. The SMILES string of the molecule is Nc1c(C(=O)[O-])cc(Cl)c2c1C(=O)c1ccccc1C2=O. The van der Waals surface area contributed by atoms with Crippen molar-refractivity contribution in [2.45, 2.75) is 0 Å². The molecule has 2 aromatic rings. The second-order valence-corrected chi connectivity index (χ2v) is 4.97. The molecular formula is C15H7ClNO4-. The maximum absolute atomic E-state index is 12.5. The van der Waals surface area contributed by atoms with Gasteiger partial charge in [-0.1, -0.05) is 35.9 Å². The van der Waals surface area contributed by atoms with Gasteiger partial charge in [-0.15, -0.1) is 0 Å². The van der Waals surface area contributed by atoms with E-state index >= 15 is 0 Å². The van der Waals surface area contributed by atoms with Gasteiger partial charge in [-0.25, -0.2) is 0 Å². The van der Waals surface area contributed by atoms with Gasteiger partial charge in [0.25, 0.3) is 0 Å². The molecule has 0 aromatic heterocycles. The summed E-state index contributed by atoms with van der Waals surface area (Å²) in [7, 11) is 0. The molecule has 2 aromatic carbocycles. The summed E-state index contributed by atoms with van der Waals surface area (Å²) in [6, 6.07) is 7.26. The first-order chi connectivity index (χ1) is 9.93. The number of carbonyl (C=O) groups is 3. The quantitative estimate of drug-likeness (QED) is 0.677. The molecule has 0 amide bonds. The average molecular weight is 301 g/mol. The smallest absolute Gasteiger partial charge is 0.196 e. The zero-order chi connectivity index (χ0) is 15.3. The van der Waals surface area contributed by atoms with Crippen molar-refractivity contribution in [3.05, 3.63) is 63.2 Å². The van der Waals surface area contributed by atoms with Gasteiger partial charge >= 0.3 is 0 Å². The predicted molar refractivity (Wildman–Crippen MR) is 73.5 cm³/mol. The van der Waals surface area contributed by atoms with Crippen LogP contribution in [0.4, 0.5) is 5.69 Å². The number of anilines is 1.